The van der Waals surface area contributed by atoms with Crippen molar-refractivity contribution in [3.8, 4) is 0 Å². The van der Waals surface area contributed by atoms with Gasteiger partial charge in [-0.2, -0.15) is 0 Å². The number of carbonyl (C=O) groups excluding carboxylic acids is 2. The van der Waals surface area contributed by atoms with Crippen LogP contribution < -0.4 is 5.32 Å². The number of carbonyl (C=O) groups is 2. The van der Waals surface area contributed by atoms with E-state index in [-0.39, 0.29) is 17.9 Å². The Morgan fingerprint density at radius 1 is 1.00 bits per heavy atom. The summed E-state index contributed by atoms with van der Waals surface area (Å²) in [6.07, 6.45) is 0.582. The second-order valence-corrected chi connectivity index (χ2v) is 9.06. The van der Waals surface area contributed by atoms with Crippen molar-refractivity contribution in [2.75, 3.05) is 5.75 Å². The van der Waals surface area contributed by atoms with Gasteiger partial charge in [0.2, 0.25) is 11.8 Å². The third-order valence-electron chi connectivity index (χ3n) is 4.87. The van der Waals surface area contributed by atoms with Crippen molar-refractivity contribution < 1.29 is 9.59 Å². The number of hydrogen-bond acceptors (Lipinski definition) is 3. The summed E-state index contributed by atoms with van der Waals surface area (Å²) in [5.41, 5.74) is 4.64. The maximum atomic E-state index is 13.2. The topological polar surface area (TPSA) is 49.4 Å². The Bertz CT molecular complexity index is 833. The molecule has 0 saturated heterocycles. The first kappa shape index (κ1) is 24.0. The summed E-state index contributed by atoms with van der Waals surface area (Å²) in [6, 6.07) is 16.1. The zero-order chi connectivity index (χ0) is 22.1. The van der Waals surface area contributed by atoms with Crippen LogP contribution in [0.1, 0.15) is 49.4 Å². The summed E-state index contributed by atoms with van der Waals surface area (Å²) in [5.74, 6) is 1.04. The van der Waals surface area contributed by atoms with Gasteiger partial charge in [0.1, 0.15) is 6.04 Å². The smallest absolute Gasteiger partial charge is 0.243 e. The normalized spacial score (nSPS) is 11.9. The Labute approximate surface area is 185 Å². The molecule has 2 aromatic rings. The molecule has 30 heavy (non-hydrogen) atoms. The lowest BCUT2D eigenvalue weighted by atomic mass is 10.1. The summed E-state index contributed by atoms with van der Waals surface area (Å²) in [5, 5.41) is 2.97. The van der Waals surface area contributed by atoms with Gasteiger partial charge in [-0.15, -0.1) is 11.8 Å². The van der Waals surface area contributed by atoms with E-state index in [0.717, 1.165) is 11.3 Å². The summed E-state index contributed by atoms with van der Waals surface area (Å²) >= 11 is 1.60. The van der Waals surface area contributed by atoms with Crippen LogP contribution in [0.25, 0.3) is 0 Å². The molecule has 0 heterocycles. The lowest BCUT2D eigenvalue weighted by molar-refractivity contribution is -0.139. The standard InChI is InChI=1S/C25H34N2O2S/c1-6-23(25(29)26-18(2)3)27(15-21-12-10-19(4)11-13-21)24(28)17-30-16-22-9-7-8-20(5)14-22/h7-14,18,23H,6,15-17H2,1-5H3,(H,26,29). The molecule has 162 valence electrons. The minimum atomic E-state index is -0.472. The molecule has 0 spiro atoms. The molecule has 0 aliphatic carbocycles. The predicted molar refractivity (Wildman–Crippen MR) is 126 cm³/mol. The van der Waals surface area contributed by atoms with Crippen LogP contribution in [0.4, 0.5) is 0 Å². The van der Waals surface area contributed by atoms with Crippen molar-refractivity contribution >= 4 is 23.6 Å². The van der Waals surface area contributed by atoms with Crippen LogP contribution in [0.15, 0.2) is 48.5 Å². The van der Waals surface area contributed by atoms with Crippen molar-refractivity contribution in [1.82, 2.24) is 10.2 Å². The van der Waals surface area contributed by atoms with Crippen molar-refractivity contribution in [3.05, 3.63) is 70.8 Å². The first-order valence-corrected chi connectivity index (χ1v) is 11.7. The molecule has 1 N–H and O–H groups in total. The average Bonchev–Trinajstić information content (AvgIpc) is 2.68. The van der Waals surface area contributed by atoms with Gasteiger partial charge in [0.15, 0.2) is 0 Å². The zero-order valence-electron chi connectivity index (χ0n) is 18.8. The van der Waals surface area contributed by atoms with E-state index in [1.807, 2.05) is 58.0 Å². The number of rotatable bonds is 10. The fourth-order valence-electron chi connectivity index (χ4n) is 3.33. The number of aryl methyl sites for hydroxylation is 2. The van der Waals surface area contributed by atoms with Gasteiger partial charge in [0.05, 0.1) is 5.75 Å². The quantitative estimate of drug-likeness (QED) is 0.590. The number of nitrogens with one attached hydrogen (secondary N) is 1. The second kappa shape index (κ2) is 11.8. The van der Waals surface area contributed by atoms with Crippen molar-refractivity contribution in [2.45, 2.75) is 65.4 Å². The van der Waals surface area contributed by atoms with Crippen LogP contribution in [0.5, 0.6) is 0 Å². The summed E-state index contributed by atoms with van der Waals surface area (Å²) in [4.78, 5) is 27.7. The molecule has 2 aromatic carbocycles. The van der Waals surface area contributed by atoms with E-state index in [0.29, 0.717) is 18.7 Å². The molecule has 0 aromatic heterocycles. The van der Waals surface area contributed by atoms with Crippen molar-refractivity contribution in [2.24, 2.45) is 0 Å². The molecular formula is C25H34N2O2S. The molecule has 5 heteroatoms. The van der Waals surface area contributed by atoms with Crippen LogP contribution >= 0.6 is 11.8 Å². The van der Waals surface area contributed by atoms with E-state index >= 15 is 0 Å². The van der Waals surface area contributed by atoms with E-state index in [1.165, 1.54) is 16.7 Å². The highest BCUT2D eigenvalue weighted by molar-refractivity contribution is 7.99. The monoisotopic (exact) mass is 426 g/mol. The van der Waals surface area contributed by atoms with E-state index in [4.69, 9.17) is 0 Å². The number of amides is 2. The lowest BCUT2D eigenvalue weighted by Gasteiger charge is -2.31. The number of hydrogen-bond donors (Lipinski definition) is 1. The van der Waals surface area contributed by atoms with Crippen LogP contribution in [-0.4, -0.2) is 34.6 Å². The highest BCUT2D eigenvalue weighted by Gasteiger charge is 2.28. The minimum Gasteiger partial charge on any atom is -0.352 e. The molecule has 0 fully saturated rings. The Balaban J connectivity index is 2.12. The molecule has 0 saturated carbocycles. The number of thioether (sulfide) groups is 1. The van der Waals surface area contributed by atoms with Gasteiger partial charge in [0.25, 0.3) is 0 Å². The van der Waals surface area contributed by atoms with Gasteiger partial charge in [-0.25, -0.2) is 0 Å². The van der Waals surface area contributed by atoms with Gasteiger partial charge in [-0.1, -0.05) is 66.6 Å². The van der Waals surface area contributed by atoms with Gasteiger partial charge in [0, 0.05) is 18.3 Å². The van der Waals surface area contributed by atoms with Gasteiger partial charge < -0.3 is 10.2 Å². The third-order valence-corrected chi connectivity index (χ3v) is 5.86. The first-order valence-electron chi connectivity index (χ1n) is 10.6. The molecule has 2 rings (SSSR count). The maximum Gasteiger partial charge on any atom is 0.243 e. The first-order chi connectivity index (χ1) is 14.3. The third kappa shape index (κ3) is 7.52. The molecule has 4 nitrogen and oxygen atoms in total. The van der Waals surface area contributed by atoms with Crippen LogP contribution in [-0.2, 0) is 21.9 Å². The fraction of sp³-hybridized carbons (Fsp3) is 0.440. The lowest BCUT2D eigenvalue weighted by Crippen LogP contribution is -2.50. The highest BCUT2D eigenvalue weighted by Crippen LogP contribution is 2.18. The summed E-state index contributed by atoms with van der Waals surface area (Å²) in [6.45, 7) is 10.4. The minimum absolute atomic E-state index is 0.000941. The summed E-state index contributed by atoms with van der Waals surface area (Å²) < 4.78 is 0. The number of nitrogens with zero attached hydrogens (tertiary/aromatic N) is 1. The predicted octanol–water partition coefficient (Wildman–Crippen LogP) is 4.87. The molecule has 0 bridgehead atoms. The maximum absolute atomic E-state index is 13.2. The Hall–Kier alpha value is -2.27. The molecule has 1 unspecified atom stereocenters. The molecular weight excluding hydrogens is 392 g/mol. The van der Waals surface area contributed by atoms with Gasteiger partial charge in [-0.3, -0.25) is 9.59 Å². The van der Waals surface area contributed by atoms with E-state index in [1.54, 1.807) is 16.7 Å². The fourth-order valence-corrected chi connectivity index (χ4v) is 4.19. The Morgan fingerprint density at radius 2 is 1.70 bits per heavy atom. The molecule has 1 atom stereocenters. The van der Waals surface area contributed by atoms with Crippen LogP contribution in [0.3, 0.4) is 0 Å². The van der Waals surface area contributed by atoms with Gasteiger partial charge >= 0.3 is 0 Å². The SMILES string of the molecule is CCC(C(=O)NC(C)C)N(Cc1ccc(C)cc1)C(=O)CSCc1cccc(C)c1. The van der Waals surface area contributed by atoms with E-state index < -0.39 is 6.04 Å². The molecule has 2 amide bonds. The Kier molecular flexibility index (Phi) is 9.44. The van der Waals surface area contributed by atoms with Crippen molar-refractivity contribution in [3.63, 3.8) is 0 Å². The average molecular weight is 427 g/mol. The van der Waals surface area contributed by atoms with Gasteiger partial charge in [-0.05, 0) is 45.2 Å². The summed E-state index contributed by atoms with van der Waals surface area (Å²) in [7, 11) is 0. The van der Waals surface area contributed by atoms with E-state index in [9.17, 15) is 9.59 Å². The molecule has 0 aliphatic rings. The van der Waals surface area contributed by atoms with E-state index in [2.05, 4.69) is 30.4 Å². The number of benzene rings is 2. The second-order valence-electron chi connectivity index (χ2n) is 8.08. The van der Waals surface area contributed by atoms with Crippen molar-refractivity contribution in [1.29, 1.82) is 0 Å². The molecule has 0 aliphatic heterocycles. The Morgan fingerprint density at radius 3 is 2.30 bits per heavy atom. The zero-order valence-corrected chi connectivity index (χ0v) is 19.6. The highest BCUT2D eigenvalue weighted by atomic mass is 32.2. The molecule has 0 radical (unpaired) electrons. The van der Waals surface area contributed by atoms with Crippen LogP contribution in [0.2, 0.25) is 0 Å². The largest absolute Gasteiger partial charge is 0.352 e. The van der Waals surface area contributed by atoms with Crippen LogP contribution in [0, 0.1) is 13.8 Å².